The molecule has 1 heterocycles. The number of hydrogen-bond acceptors (Lipinski definition) is 3. The molecule has 0 fully saturated rings. The summed E-state index contributed by atoms with van der Waals surface area (Å²) in [7, 11) is 1.59. The average Bonchev–Trinajstić information content (AvgIpc) is 2.42. The molecule has 1 atom stereocenters. The Kier molecular flexibility index (Phi) is 3.94. The number of aromatic nitrogens is 1. The smallest absolute Gasteiger partial charge is 0.168 e. The molecule has 3 nitrogen and oxygen atoms in total. The molecular weight excluding hydrogens is 250 g/mol. The quantitative estimate of drug-likeness (QED) is 0.917. The molecule has 1 aromatic heterocycles. The highest BCUT2D eigenvalue weighted by Crippen LogP contribution is 2.22. The fourth-order valence-electron chi connectivity index (χ4n) is 1.70. The molecule has 0 amide bonds. The van der Waals surface area contributed by atoms with Crippen molar-refractivity contribution < 1.29 is 13.5 Å². The first-order valence-electron chi connectivity index (χ1n) is 5.81. The van der Waals surface area contributed by atoms with Gasteiger partial charge in [-0.25, -0.2) is 13.8 Å². The Balaban J connectivity index is 2.13. The van der Waals surface area contributed by atoms with Gasteiger partial charge in [0.2, 0.25) is 0 Å². The molecule has 2 aromatic rings. The monoisotopic (exact) mass is 264 g/mol. The van der Waals surface area contributed by atoms with Crippen molar-refractivity contribution in [3.63, 3.8) is 0 Å². The summed E-state index contributed by atoms with van der Waals surface area (Å²) in [5.74, 6) is -0.618. The van der Waals surface area contributed by atoms with E-state index in [9.17, 15) is 8.78 Å². The Hall–Kier alpha value is -2.17. The van der Waals surface area contributed by atoms with Crippen molar-refractivity contribution in [2.24, 2.45) is 0 Å². The van der Waals surface area contributed by atoms with Gasteiger partial charge in [0.05, 0.1) is 19.3 Å². The molecule has 100 valence electrons. The number of ether oxygens (including phenoxy) is 1. The van der Waals surface area contributed by atoms with Crippen molar-refractivity contribution >= 4 is 5.82 Å². The van der Waals surface area contributed by atoms with Crippen LogP contribution >= 0.6 is 0 Å². The summed E-state index contributed by atoms with van der Waals surface area (Å²) in [5.41, 5.74) is 0.950. The van der Waals surface area contributed by atoms with Crippen LogP contribution in [0.25, 0.3) is 0 Å². The molecule has 0 saturated carbocycles. The highest BCUT2D eigenvalue weighted by Gasteiger charge is 2.10. The number of anilines is 1. The zero-order chi connectivity index (χ0) is 13.8. The van der Waals surface area contributed by atoms with Crippen LogP contribution < -0.4 is 10.1 Å². The van der Waals surface area contributed by atoms with Gasteiger partial charge in [-0.15, -0.1) is 0 Å². The summed E-state index contributed by atoms with van der Waals surface area (Å²) in [6.45, 7) is 1.87. The van der Waals surface area contributed by atoms with Crippen LogP contribution in [-0.2, 0) is 0 Å². The summed E-state index contributed by atoms with van der Waals surface area (Å²) in [6.07, 6.45) is 0.978. The molecule has 1 aromatic carbocycles. The van der Waals surface area contributed by atoms with Gasteiger partial charge in [0.1, 0.15) is 11.6 Å². The maximum Gasteiger partial charge on any atom is 0.168 e. The molecule has 0 saturated heterocycles. The summed E-state index contributed by atoms with van der Waals surface area (Å²) >= 11 is 0. The maximum absolute atomic E-state index is 13.5. The van der Waals surface area contributed by atoms with Gasteiger partial charge in [-0.05, 0) is 24.6 Å². The zero-order valence-corrected chi connectivity index (χ0v) is 10.7. The third-order valence-corrected chi connectivity index (χ3v) is 2.78. The first-order valence-corrected chi connectivity index (χ1v) is 5.81. The zero-order valence-electron chi connectivity index (χ0n) is 10.7. The number of benzene rings is 1. The van der Waals surface area contributed by atoms with Crippen molar-refractivity contribution in [1.29, 1.82) is 0 Å². The van der Waals surface area contributed by atoms with E-state index in [1.165, 1.54) is 0 Å². The van der Waals surface area contributed by atoms with E-state index in [0.717, 1.165) is 23.6 Å². The molecule has 1 N–H and O–H groups in total. The summed E-state index contributed by atoms with van der Waals surface area (Å²) in [4.78, 5) is 3.69. The van der Waals surface area contributed by atoms with Crippen molar-refractivity contribution in [3.8, 4) is 5.75 Å². The third-order valence-electron chi connectivity index (χ3n) is 2.78. The number of rotatable bonds is 4. The minimum atomic E-state index is -0.708. The van der Waals surface area contributed by atoms with Gasteiger partial charge in [-0.1, -0.05) is 12.1 Å². The van der Waals surface area contributed by atoms with Crippen LogP contribution in [0.3, 0.4) is 0 Å². The number of methoxy groups -OCH3 is 1. The van der Waals surface area contributed by atoms with Crippen molar-refractivity contribution in [3.05, 3.63) is 53.7 Å². The van der Waals surface area contributed by atoms with Gasteiger partial charge in [0.15, 0.2) is 11.6 Å². The lowest BCUT2D eigenvalue weighted by molar-refractivity contribution is 0.414. The fraction of sp³-hybridized carbons (Fsp3) is 0.214. The molecule has 0 aliphatic heterocycles. The Labute approximate surface area is 110 Å². The van der Waals surface area contributed by atoms with Gasteiger partial charge in [-0.2, -0.15) is 0 Å². The van der Waals surface area contributed by atoms with E-state index in [4.69, 9.17) is 4.74 Å². The standard InChI is InChI=1S/C14H14F2N2O/c1-9(10-3-5-12(19-2)6-4-10)18-14-13(16)7-11(15)8-17-14/h3-9H,1-2H3,(H,17,18). The predicted molar refractivity (Wildman–Crippen MR) is 69.2 cm³/mol. The highest BCUT2D eigenvalue weighted by atomic mass is 19.1. The number of nitrogens with zero attached hydrogens (tertiary/aromatic N) is 1. The second kappa shape index (κ2) is 5.65. The number of hydrogen-bond donors (Lipinski definition) is 1. The second-order valence-electron chi connectivity index (χ2n) is 4.12. The predicted octanol–water partition coefficient (Wildman–Crippen LogP) is 3.54. The molecule has 1 unspecified atom stereocenters. The highest BCUT2D eigenvalue weighted by molar-refractivity contribution is 5.40. The van der Waals surface area contributed by atoms with Gasteiger partial charge in [0, 0.05) is 6.07 Å². The molecule has 19 heavy (non-hydrogen) atoms. The van der Waals surface area contributed by atoms with E-state index in [1.54, 1.807) is 7.11 Å². The summed E-state index contributed by atoms with van der Waals surface area (Å²) < 4.78 is 31.3. The molecule has 0 bridgehead atoms. The number of pyridine rings is 1. The Morgan fingerprint density at radius 1 is 1.21 bits per heavy atom. The van der Waals surface area contributed by atoms with Crippen LogP contribution in [-0.4, -0.2) is 12.1 Å². The van der Waals surface area contributed by atoms with Gasteiger partial charge < -0.3 is 10.1 Å². The van der Waals surface area contributed by atoms with Gasteiger partial charge >= 0.3 is 0 Å². The van der Waals surface area contributed by atoms with Crippen LogP contribution in [0.1, 0.15) is 18.5 Å². The van der Waals surface area contributed by atoms with Crippen molar-refractivity contribution in [2.75, 3.05) is 12.4 Å². The van der Waals surface area contributed by atoms with Gasteiger partial charge in [-0.3, -0.25) is 0 Å². The fourth-order valence-corrected chi connectivity index (χ4v) is 1.70. The van der Waals surface area contributed by atoms with Crippen molar-refractivity contribution in [1.82, 2.24) is 4.98 Å². The first-order chi connectivity index (χ1) is 9.10. The molecular formula is C14H14F2N2O. The second-order valence-corrected chi connectivity index (χ2v) is 4.12. The minimum absolute atomic E-state index is 0.0321. The molecule has 0 aliphatic carbocycles. The minimum Gasteiger partial charge on any atom is -0.497 e. The summed E-state index contributed by atoms with van der Waals surface area (Å²) in [6, 6.07) is 8.04. The Bertz CT molecular complexity index is 558. The van der Waals surface area contributed by atoms with Crippen LogP contribution in [0.15, 0.2) is 36.5 Å². The van der Waals surface area contributed by atoms with Crippen LogP contribution in [0.2, 0.25) is 0 Å². The maximum atomic E-state index is 13.5. The van der Waals surface area contributed by atoms with E-state index in [1.807, 2.05) is 31.2 Å². The molecule has 0 aliphatic rings. The average molecular weight is 264 g/mol. The number of halogens is 2. The molecule has 5 heteroatoms. The van der Waals surface area contributed by atoms with E-state index in [-0.39, 0.29) is 11.9 Å². The Morgan fingerprint density at radius 3 is 2.47 bits per heavy atom. The third kappa shape index (κ3) is 3.19. The van der Waals surface area contributed by atoms with Crippen LogP contribution in [0.4, 0.5) is 14.6 Å². The normalized spacial score (nSPS) is 12.0. The summed E-state index contributed by atoms with van der Waals surface area (Å²) in [5, 5.41) is 2.90. The topological polar surface area (TPSA) is 34.1 Å². The molecule has 0 radical (unpaired) electrons. The first kappa shape index (κ1) is 13.3. The molecule has 0 spiro atoms. The van der Waals surface area contributed by atoms with Crippen LogP contribution in [0, 0.1) is 11.6 Å². The van der Waals surface area contributed by atoms with Gasteiger partial charge in [0.25, 0.3) is 0 Å². The lowest BCUT2D eigenvalue weighted by atomic mass is 10.1. The lowest BCUT2D eigenvalue weighted by Crippen LogP contribution is -2.09. The SMILES string of the molecule is COc1ccc(C(C)Nc2ncc(F)cc2F)cc1. The van der Waals surface area contributed by atoms with Crippen LogP contribution in [0.5, 0.6) is 5.75 Å². The largest absolute Gasteiger partial charge is 0.497 e. The molecule has 2 rings (SSSR count). The van der Waals surface area contributed by atoms with E-state index in [2.05, 4.69) is 10.3 Å². The van der Waals surface area contributed by atoms with E-state index >= 15 is 0 Å². The number of nitrogens with one attached hydrogen (secondary N) is 1. The van der Waals surface area contributed by atoms with Crippen molar-refractivity contribution in [2.45, 2.75) is 13.0 Å². The lowest BCUT2D eigenvalue weighted by Gasteiger charge is -2.15. The van der Waals surface area contributed by atoms with E-state index < -0.39 is 11.6 Å². The van der Waals surface area contributed by atoms with E-state index in [0.29, 0.717) is 0 Å². The Morgan fingerprint density at radius 2 is 1.89 bits per heavy atom.